The lowest BCUT2D eigenvalue weighted by molar-refractivity contribution is -0.142. The first-order chi connectivity index (χ1) is 7.14. The Hall–Kier alpha value is -0.983. The summed E-state index contributed by atoms with van der Waals surface area (Å²) in [6.45, 7) is 1.63. The highest BCUT2D eigenvalue weighted by atomic mass is 28.2. The number of hydrogen-bond acceptors (Lipinski definition) is 0. The molecule has 90 valence electrons. The minimum Gasteiger partial charge on any atom is -0.166 e. The van der Waals surface area contributed by atoms with Crippen LogP contribution in [-0.2, 0) is 12.4 Å². The van der Waals surface area contributed by atoms with Crippen molar-refractivity contribution in [1.29, 1.82) is 0 Å². The van der Waals surface area contributed by atoms with Gasteiger partial charge in [0, 0.05) is 0 Å². The van der Waals surface area contributed by atoms with Gasteiger partial charge < -0.3 is 0 Å². The van der Waals surface area contributed by atoms with Gasteiger partial charge in [-0.3, -0.25) is 0 Å². The van der Waals surface area contributed by atoms with Gasteiger partial charge in [0.15, 0.2) is 0 Å². The molecule has 0 spiro atoms. The molecule has 0 bridgehead atoms. The fraction of sp³-hybridized carbons (Fsp3) is 0.333. The molecule has 0 aliphatic rings. The van der Waals surface area contributed by atoms with E-state index in [0.717, 1.165) is 12.1 Å². The van der Waals surface area contributed by atoms with E-state index in [1.807, 2.05) is 0 Å². The van der Waals surface area contributed by atoms with Crippen molar-refractivity contribution in [2.24, 2.45) is 0 Å². The smallest absolute Gasteiger partial charge is 0.166 e. The zero-order chi connectivity index (χ0) is 12.6. The van der Waals surface area contributed by atoms with Crippen LogP contribution in [0.15, 0.2) is 18.2 Å². The molecule has 0 saturated carbocycles. The van der Waals surface area contributed by atoms with Gasteiger partial charge in [0.25, 0.3) is 0 Å². The van der Waals surface area contributed by atoms with Crippen LogP contribution in [0.4, 0.5) is 26.3 Å². The van der Waals surface area contributed by atoms with Crippen molar-refractivity contribution in [3.05, 3.63) is 29.3 Å². The number of hydrogen-bond donors (Lipinski definition) is 0. The summed E-state index contributed by atoms with van der Waals surface area (Å²) in [7, 11) is -1.07. The maximum absolute atomic E-state index is 12.3. The molecule has 1 rings (SSSR count). The van der Waals surface area contributed by atoms with Crippen molar-refractivity contribution < 1.29 is 26.3 Å². The highest BCUT2D eigenvalue weighted by Gasteiger charge is 2.36. The van der Waals surface area contributed by atoms with Gasteiger partial charge in [0.2, 0.25) is 0 Å². The zero-order valence-corrected chi connectivity index (χ0v) is 9.62. The fourth-order valence-electron chi connectivity index (χ4n) is 1.22. The van der Waals surface area contributed by atoms with Crippen LogP contribution in [0.2, 0.25) is 6.55 Å². The van der Waals surface area contributed by atoms with Crippen LogP contribution in [0, 0.1) is 0 Å². The third kappa shape index (κ3) is 3.00. The Morgan fingerprint density at radius 2 is 1.19 bits per heavy atom. The minimum absolute atomic E-state index is 0.146. The lowest BCUT2D eigenvalue weighted by Gasteiger charge is -2.13. The highest BCUT2D eigenvalue weighted by molar-refractivity contribution is 6.51. The predicted molar refractivity (Wildman–Crippen MR) is 50.5 cm³/mol. The largest absolute Gasteiger partial charge is 0.416 e. The number of benzene rings is 1. The molecule has 1 aromatic carbocycles. The molecule has 16 heavy (non-hydrogen) atoms. The van der Waals surface area contributed by atoms with Gasteiger partial charge in [-0.1, -0.05) is 23.9 Å². The molecule has 0 aliphatic carbocycles. The molecular weight excluding hydrogens is 250 g/mol. The lowest BCUT2D eigenvalue weighted by Crippen LogP contribution is -2.19. The number of rotatable bonds is 1. The molecule has 0 saturated heterocycles. The molecule has 1 aromatic rings. The Morgan fingerprint density at radius 3 is 1.44 bits per heavy atom. The molecular formula is C9H8F6Si. The Bertz CT molecular complexity index is 346. The Morgan fingerprint density at radius 1 is 0.812 bits per heavy atom. The van der Waals surface area contributed by atoms with E-state index in [1.165, 1.54) is 0 Å². The van der Waals surface area contributed by atoms with E-state index in [-0.39, 0.29) is 11.3 Å². The second kappa shape index (κ2) is 4.12. The van der Waals surface area contributed by atoms with Gasteiger partial charge in [-0.05, 0) is 6.07 Å². The van der Waals surface area contributed by atoms with E-state index in [4.69, 9.17) is 0 Å². The lowest BCUT2D eigenvalue weighted by atomic mass is 10.1. The molecule has 0 unspecified atom stereocenters. The second-order valence-corrected chi connectivity index (χ2v) is 4.79. The fourth-order valence-corrected chi connectivity index (χ4v) is 2.07. The minimum atomic E-state index is -4.74. The normalized spacial score (nSPS) is 13.7. The maximum Gasteiger partial charge on any atom is 0.416 e. The molecule has 0 heterocycles. The summed E-state index contributed by atoms with van der Waals surface area (Å²) in [6, 6.07) is 1.73. The van der Waals surface area contributed by atoms with Crippen LogP contribution in [0.5, 0.6) is 0 Å². The average molecular weight is 258 g/mol. The number of alkyl halides is 6. The van der Waals surface area contributed by atoms with Crippen molar-refractivity contribution >= 4 is 14.7 Å². The maximum atomic E-state index is 12.3. The molecule has 0 fully saturated rings. The van der Waals surface area contributed by atoms with Crippen molar-refractivity contribution in [1.82, 2.24) is 0 Å². The van der Waals surface area contributed by atoms with Crippen LogP contribution in [0.3, 0.4) is 0 Å². The van der Waals surface area contributed by atoms with Crippen LogP contribution >= 0.6 is 0 Å². The molecule has 0 nitrogen and oxygen atoms in total. The van der Waals surface area contributed by atoms with E-state index in [1.54, 1.807) is 6.55 Å². The molecule has 0 amide bonds. The molecule has 0 atom stereocenters. The van der Waals surface area contributed by atoms with Crippen LogP contribution in [-0.4, -0.2) is 9.52 Å². The zero-order valence-electron chi connectivity index (χ0n) is 8.21. The van der Waals surface area contributed by atoms with E-state index in [2.05, 4.69) is 0 Å². The molecule has 0 N–H and O–H groups in total. The molecule has 0 radical (unpaired) electrons. The Balaban J connectivity index is 3.33. The third-order valence-electron chi connectivity index (χ3n) is 2.06. The van der Waals surface area contributed by atoms with Gasteiger partial charge in [-0.25, -0.2) is 0 Å². The summed E-state index contributed by atoms with van der Waals surface area (Å²) in [4.78, 5) is 0. The summed E-state index contributed by atoms with van der Waals surface area (Å²) in [5.41, 5.74) is -2.46. The number of halogens is 6. The van der Waals surface area contributed by atoms with E-state index >= 15 is 0 Å². The van der Waals surface area contributed by atoms with Gasteiger partial charge in [0.1, 0.15) is 0 Å². The average Bonchev–Trinajstić information content (AvgIpc) is 2.14. The summed E-state index contributed by atoms with van der Waals surface area (Å²) in [5.74, 6) is 0. The van der Waals surface area contributed by atoms with Crippen molar-refractivity contribution in [3.63, 3.8) is 0 Å². The van der Waals surface area contributed by atoms with Gasteiger partial charge >= 0.3 is 12.4 Å². The van der Waals surface area contributed by atoms with Crippen LogP contribution in [0.1, 0.15) is 11.1 Å². The summed E-state index contributed by atoms with van der Waals surface area (Å²) >= 11 is 0. The first-order valence-corrected chi connectivity index (χ1v) is 6.55. The van der Waals surface area contributed by atoms with Crippen LogP contribution < -0.4 is 5.19 Å². The van der Waals surface area contributed by atoms with Crippen molar-refractivity contribution in [2.75, 3.05) is 0 Å². The quantitative estimate of drug-likeness (QED) is 0.536. The van der Waals surface area contributed by atoms with Gasteiger partial charge in [-0.15, -0.1) is 0 Å². The van der Waals surface area contributed by atoms with E-state index in [9.17, 15) is 26.3 Å². The van der Waals surface area contributed by atoms with Crippen LogP contribution in [0.25, 0.3) is 0 Å². The van der Waals surface area contributed by atoms with E-state index in [0.29, 0.717) is 0 Å². The molecule has 0 aromatic heterocycles. The summed E-state index contributed by atoms with van der Waals surface area (Å²) in [6.07, 6.45) is -9.47. The highest BCUT2D eigenvalue weighted by Crippen LogP contribution is 2.34. The summed E-state index contributed by atoms with van der Waals surface area (Å²) < 4.78 is 73.9. The summed E-state index contributed by atoms with van der Waals surface area (Å²) in [5, 5.41) is 0.155. The monoisotopic (exact) mass is 258 g/mol. The van der Waals surface area contributed by atoms with E-state index < -0.39 is 33.0 Å². The standard InChI is InChI=1S/C9H8F6Si/c1-16-7-3-5(8(10,11)12)2-6(4-7)9(13,14)15/h2-4H,16H2,1H3. The first-order valence-electron chi connectivity index (χ1n) is 4.43. The van der Waals surface area contributed by atoms with Gasteiger partial charge in [0.05, 0.1) is 20.6 Å². The Labute approximate surface area is 90.1 Å². The Kier molecular flexibility index (Phi) is 3.37. The first kappa shape index (κ1) is 13.1. The van der Waals surface area contributed by atoms with Crippen molar-refractivity contribution in [3.8, 4) is 0 Å². The topological polar surface area (TPSA) is 0 Å². The molecule has 7 heteroatoms. The second-order valence-electron chi connectivity index (χ2n) is 3.27. The van der Waals surface area contributed by atoms with Gasteiger partial charge in [-0.2, -0.15) is 26.3 Å². The third-order valence-corrected chi connectivity index (χ3v) is 3.28. The SMILES string of the molecule is C[SiH2]c1cc(C(F)(F)F)cc(C(F)(F)F)c1. The predicted octanol–water partition coefficient (Wildman–Crippen LogP) is 2.57. The van der Waals surface area contributed by atoms with Crippen molar-refractivity contribution in [2.45, 2.75) is 18.9 Å². The molecule has 0 aliphatic heterocycles.